The van der Waals surface area contributed by atoms with E-state index >= 15 is 0 Å². The summed E-state index contributed by atoms with van der Waals surface area (Å²) in [6.07, 6.45) is 1.79. The number of hydrogen-bond acceptors (Lipinski definition) is 3. The third-order valence-corrected chi connectivity index (χ3v) is 5.24. The van der Waals surface area contributed by atoms with Gasteiger partial charge in [0.25, 0.3) is 0 Å². The molecule has 0 spiro atoms. The number of benzene rings is 3. The fourth-order valence-electron chi connectivity index (χ4n) is 3.34. The smallest absolute Gasteiger partial charge is 0.231 e. The average molecular weight is 399 g/mol. The Balaban J connectivity index is 1.48. The van der Waals surface area contributed by atoms with Gasteiger partial charge in [0.1, 0.15) is 18.1 Å². The first-order valence-corrected chi connectivity index (χ1v) is 10.2. The van der Waals surface area contributed by atoms with Crippen LogP contribution in [0.2, 0.25) is 0 Å². The van der Waals surface area contributed by atoms with Gasteiger partial charge >= 0.3 is 0 Å². The SMILES string of the molecule is Cc1ccc(COc2ccc3c(c2)O/C(=C/c2ccc(C(C)(C)C)cc2)C3=O)cc1. The minimum Gasteiger partial charge on any atom is -0.489 e. The lowest BCUT2D eigenvalue weighted by molar-refractivity contribution is 0.101. The van der Waals surface area contributed by atoms with Crippen LogP contribution in [-0.4, -0.2) is 5.78 Å². The predicted octanol–water partition coefficient (Wildman–Crippen LogP) is 6.49. The molecule has 0 N–H and O–H groups in total. The van der Waals surface area contributed by atoms with Crippen molar-refractivity contribution in [1.29, 1.82) is 0 Å². The first-order chi connectivity index (χ1) is 14.3. The Kier molecular flexibility index (Phi) is 5.21. The van der Waals surface area contributed by atoms with Crippen LogP contribution in [0.15, 0.2) is 72.5 Å². The van der Waals surface area contributed by atoms with E-state index in [1.54, 1.807) is 18.2 Å². The molecular formula is C27H26O3. The Bertz CT molecular complexity index is 1100. The zero-order chi connectivity index (χ0) is 21.3. The van der Waals surface area contributed by atoms with Crippen molar-refractivity contribution in [2.45, 2.75) is 39.7 Å². The number of ketones is 1. The largest absolute Gasteiger partial charge is 0.489 e. The summed E-state index contributed by atoms with van der Waals surface area (Å²) in [6.45, 7) is 9.07. The Morgan fingerprint density at radius 1 is 0.933 bits per heavy atom. The molecule has 3 heteroatoms. The van der Waals surface area contributed by atoms with Crippen molar-refractivity contribution in [2.24, 2.45) is 0 Å². The lowest BCUT2D eigenvalue weighted by atomic mass is 9.86. The maximum atomic E-state index is 12.7. The summed E-state index contributed by atoms with van der Waals surface area (Å²) < 4.78 is 11.7. The molecule has 0 aromatic heterocycles. The summed E-state index contributed by atoms with van der Waals surface area (Å²) in [7, 11) is 0. The van der Waals surface area contributed by atoms with Crippen LogP contribution in [0.1, 0.15) is 53.4 Å². The number of allylic oxidation sites excluding steroid dienone is 1. The van der Waals surface area contributed by atoms with Gasteiger partial charge < -0.3 is 9.47 Å². The van der Waals surface area contributed by atoms with Gasteiger partial charge in [-0.05, 0) is 47.2 Å². The predicted molar refractivity (Wildman–Crippen MR) is 120 cm³/mol. The van der Waals surface area contributed by atoms with Crippen LogP contribution in [0.4, 0.5) is 0 Å². The Morgan fingerprint density at radius 2 is 1.63 bits per heavy atom. The normalized spacial score (nSPS) is 14.5. The van der Waals surface area contributed by atoms with Crippen LogP contribution in [0.5, 0.6) is 11.5 Å². The van der Waals surface area contributed by atoms with Crippen molar-refractivity contribution in [3.05, 3.63) is 100 Å². The molecule has 0 unspecified atom stereocenters. The van der Waals surface area contributed by atoms with Gasteiger partial charge in [-0.25, -0.2) is 0 Å². The highest BCUT2D eigenvalue weighted by Gasteiger charge is 2.27. The summed E-state index contributed by atoms with van der Waals surface area (Å²) in [5.74, 6) is 1.45. The molecule has 152 valence electrons. The van der Waals surface area contributed by atoms with Gasteiger partial charge in [0.05, 0.1) is 5.56 Å². The minimum atomic E-state index is -0.102. The van der Waals surface area contributed by atoms with Crippen molar-refractivity contribution in [3.8, 4) is 11.5 Å². The minimum absolute atomic E-state index is 0.0938. The summed E-state index contributed by atoms with van der Waals surface area (Å²) in [4.78, 5) is 12.7. The van der Waals surface area contributed by atoms with Crippen LogP contribution in [0.25, 0.3) is 6.08 Å². The summed E-state index contributed by atoms with van der Waals surface area (Å²) in [5.41, 5.74) is 5.16. The van der Waals surface area contributed by atoms with Gasteiger partial charge in [-0.1, -0.05) is 74.9 Å². The van der Waals surface area contributed by atoms with Gasteiger partial charge in [0.2, 0.25) is 5.78 Å². The van der Waals surface area contributed by atoms with Crippen LogP contribution < -0.4 is 9.47 Å². The van der Waals surface area contributed by atoms with Crippen molar-refractivity contribution >= 4 is 11.9 Å². The number of Topliss-reactive ketones (excluding diaryl/α,β-unsaturated/α-hetero) is 1. The second-order valence-corrected chi connectivity index (χ2v) is 8.74. The first-order valence-electron chi connectivity index (χ1n) is 10.2. The molecule has 0 radical (unpaired) electrons. The molecule has 4 rings (SSSR count). The second-order valence-electron chi connectivity index (χ2n) is 8.74. The molecule has 0 amide bonds. The van der Waals surface area contributed by atoms with E-state index in [4.69, 9.17) is 9.47 Å². The van der Waals surface area contributed by atoms with Gasteiger partial charge in [-0.15, -0.1) is 0 Å². The molecule has 0 saturated carbocycles. The van der Waals surface area contributed by atoms with Crippen molar-refractivity contribution in [2.75, 3.05) is 0 Å². The summed E-state index contributed by atoms with van der Waals surface area (Å²) in [6, 6.07) is 21.8. The van der Waals surface area contributed by atoms with Gasteiger partial charge in [0.15, 0.2) is 5.76 Å². The number of carbonyl (C=O) groups is 1. The molecule has 0 saturated heterocycles. The van der Waals surface area contributed by atoms with E-state index in [9.17, 15) is 4.79 Å². The maximum Gasteiger partial charge on any atom is 0.231 e. The van der Waals surface area contributed by atoms with Crippen molar-refractivity contribution in [3.63, 3.8) is 0 Å². The molecule has 3 aromatic carbocycles. The monoisotopic (exact) mass is 398 g/mol. The lowest BCUT2D eigenvalue weighted by Gasteiger charge is -2.18. The van der Waals surface area contributed by atoms with E-state index in [0.29, 0.717) is 29.4 Å². The van der Waals surface area contributed by atoms with E-state index in [-0.39, 0.29) is 11.2 Å². The highest BCUT2D eigenvalue weighted by Crippen LogP contribution is 2.35. The molecule has 30 heavy (non-hydrogen) atoms. The van der Waals surface area contributed by atoms with Gasteiger partial charge in [-0.3, -0.25) is 4.79 Å². The quantitative estimate of drug-likeness (QED) is 0.471. The Labute approximate surface area is 178 Å². The number of aryl methyl sites for hydroxylation is 1. The molecule has 0 aliphatic carbocycles. The molecule has 3 aromatic rings. The van der Waals surface area contributed by atoms with E-state index in [2.05, 4.69) is 64.1 Å². The lowest BCUT2D eigenvalue weighted by Crippen LogP contribution is -2.10. The highest BCUT2D eigenvalue weighted by atomic mass is 16.5. The van der Waals surface area contributed by atoms with Crippen LogP contribution in [0.3, 0.4) is 0 Å². The number of rotatable bonds is 4. The van der Waals surface area contributed by atoms with Gasteiger partial charge in [0, 0.05) is 6.07 Å². The van der Waals surface area contributed by atoms with Crippen molar-refractivity contribution in [1.82, 2.24) is 0 Å². The number of hydrogen-bond donors (Lipinski definition) is 0. The van der Waals surface area contributed by atoms with Crippen LogP contribution in [0, 0.1) is 6.92 Å². The number of fused-ring (bicyclic) bond motifs is 1. The zero-order valence-electron chi connectivity index (χ0n) is 17.9. The topological polar surface area (TPSA) is 35.5 Å². The molecule has 1 aliphatic heterocycles. The third-order valence-electron chi connectivity index (χ3n) is 5.24. The molecule has 0 atom stereocenters. The number of carbonyl (C=O) groups excluding carboxylic acids is 1. The molecule has 1 aliphatic rings. The summed E-state index contributed by atoms with van der Waals surface area (Å²) in [5, 5.41) is 0. The maximum absolute atomic E-state index is 12.7. The summed E-state index contributed by atoms with van der Waals surface area (Å²) >= 11 is 0. The molecule has 3 nitrogen and oxygen atoms in total. The molecular weight excluding hydrogens is 372 g/mol. The second kappa shape index (κ2) is 7.83. The van der Waals surface area contributed by atoms with E-state index in [1.807, 2.05) is 18.2 Å². The molecule has 0 bridgehead atoms. The molecule has 0 fully saturated rings. The number of ether oxygens (including phenoxy) is 2. The standard InChI is InChI=1S/C27H26O3/c1-18-5-7-20(8-6-18)17-29-22-13-14-23-24(16-22)30-25(26(23)28)15-19-9-11-21(12-10-19)27(2,3)4/h5-16H,17H2,1-4H3/b25-15+. The first kappa shape index (κ1) is 20.0. The Hall–Kier alpha value is -3.33. The third kappa shape index (κ3) is 4.30. The average Bonchev–Trinajstić information content (AvgIpc) is 3.02. The fraction of sp³-hybridized carbons (Fsp3) is 0.222. The van der Waals surface area contributed by atoms with Crippen LogP contribution in [-0.2, 0) is 12.0 Å². The van der Waals surface area contributed by atoms with Crippen molar-refractivity contribution < 1.29 is 14.3 Å². The van der Waals surface area contributed by atoms with Gasteiger partial charge in [-0.2, -0.15) is 0 Å². The molecule has 1 heterocycles. The fourth-order valence-corrected chi connectivity index (χ4v) is 3.34. The van der Waals surface area contributed by atoms with E-state index < -0.39 is 0 Å². The van der Waals surface area contributed by atoms with Crippen LogP contribution >= 0.6 is 0 Å². The zero-order valence-corrected chi connectivity index (χ0v) is 17.9. The highest BCUT2D eigenvalue weighted by molar-refractivity contribution is 6.14. The Morgan fingerprint density at radius 3 is 2.30 bits per heavy atom. The van der Waals surface area contributed by atoms with E-state index in [0.717, 1.165) is 11.1 Å². The van der Waals surface area contributed by atoms with E-state index in [1.165, 1.54) is 11.1 Å².